The molecule has 0 saturated heterocycles. The van der Waals surface area contributed by atoms with Crippen LogP contribution in [0.15, 0.2) is 48.5 Å². The van der Waals surface area contributed by atoms with Gasteiger partial charge >= 0.3 is 0 Å². The van der Waals surface area contributed by atoms with Gasteiger partial charge in [0.1, 0.15) is 5.75 Å². The van der Waals surface area contributed by atoms with Gasteiger partial charge in [-0.3, -0.25) is 4.79 Å². The first-order valence-corrected chi connectivity index (χ1v) is 6.66. The van der Waals surface area contributed by atoms with Gasteiger partial charge in [-0.15, -0.1) is 0 Å². The van der Waals surface area contributed by atoms with Gasteiger partial charge in [0.15, 0.2) is 6.10 Å². The Bertz CT molecular complexity index is 607. The number of hydrogen-bond acceptors (Lipinski definition) is 2. The lowest BCUT2D eigenvalue weighted by Gasteiger charge is -2.16. The third-order valence-corrected chi connectivity index (χ3v) is 3.07. The van der Waals surface area contributed by atoms with Crippen LogP contribution < -0.4 is 10.1 Å². The number of nitrogens with one attached hydrogen (secondary N) is 1. The Kier molecular flexibility index (Phi) is 4.41. The molecule has 0 aliphatic carbocycles. The summed E-state index contributed by atoms with van der Waals surface area (Å²) in [6.07, 6.45) is -0.545. The van der Waals surface area contributed by atoms with E-state index in [4.69, 9.17) is 4.74 Å². The second-order valence-electron chi connectivity index (χ2n) is 4.88. The number of hydrogen-bond donors (Lipinski definition) is 1. The molecule has 0 heterocycles. The smallest absolute Gasteiger partial charge is 0.265 e. The van der Waals surface area contributed by atoms with Crippen molar-refractivity contribution in [1.29, 1.82) is 0 Å². The zero-order valence-corrected chi connectivity index (χ0v) is 12.0. The first-order valence-electron chi connectivity index (χ1n) is 6.66. The molecule has 1 N–H and O–H groups in total. The van der Waals surface area contributed by atoms with Crippen molar-refractivity contribution in [1.82, 2.24) is 0 Å². The number of benzene rings is 2. The highest BCUT2D eigenvalue weighted by Crippen LogP contribution is 2.16. The van der Waals surface area contributed by atoms with Crippen molar-refractivity contribution >= 4 is 11.6 Å². The first-order chi connectivity index (χ1) is 9.56. The molecule has 0 fully saturated rings. The summed E-state index contributed by atoms with van der Waals surface area (Å²) >= 11 is 0. The minimum absolute atomic E-state index is 0.152. The predicted octanol–water partition coefficient (Wildman–Crippen LogP) is 3.71. The third kappa shape index (κ3) is 3.60. The van der Waals surface area contributed by atoms with E-state index in [-0.39, 0.29) is 5.91 Å². The average Bonchev–Trinajstić information content (AvgIpc) is 2.41. The number of anilines is 1. The van der Waals surface area contributed by atoms with E-state index in [1.165, 1.54) is 0 Å². The number of carbonyl (C=O) groups excluding carboxylic acids is 1. The van der Waals surface area contributed by atoms with Gasteiger partial charge in [0.25, 0.3) is 5.91 Å². The van der Waals surface area contributed by atoms with Crippen LogP contribution in [0.1, 0.15) is 18.1 Å². The lowest BCUT2D eigenvalue weighted by atomic mass is 10.2. The second kappa shape index (κ2) is 6.24. The van der Waals surface area contributed by atoms with Crippen LogP contribution in [0.5, 0.6) is 5.75 Å². The van der Waals surface area contributed by atoms with Gasteiger partial charge in [0.2, 0.25) is 0 Å². The first kappa shape index (κ1) is 14.1. The van der Waals surface area contributed by atoms with E-state index in [1.807, 2.05) is 62.4 Å². The monoisotopic (exact) mass is 269 g/mol. The highest BCUT2D eigenvalue weighted by atomic mass is 16.5. The summed E-state index contributed by atoms with van der Waals surface area (Å²) in [4.78, 5) is 12.1. The summed E-state index contributed by atoms with van der Waals surface area (Å²) < 4.78 is 5.66. The van der Waals surface area contributed by atoms with Gasteiger partial charge in [0, 0.05) is 5.69 Å². The zero-order chi connectivity index (χ0) is 14.5. The Balaban J connectivity index is 2.01. The fraction of sp³-hybridized carbons (Fsp3) is 0.235. The lowest BCUT2D eigenvalue weighted by Crippen LogP contribution is -2.30. The zero-order valence-electron chi connectivity index (χ0n) is 12.0. The number of para-hydroxylation sites is 1. The van der Waals surface area contributed by atoms with Crippen molar-refractivity contribution < 1.29 is 9.53 Å². The number of carbonyl (C=O) groups is 1. The number of aryl methyl sites for hydroxylation is 2. The molecule has 0 aliphatic rings. The fourth-order valence-electron chi connectivity index (χ4n) is 1.89. The SMILES string of the molecule is Cc1cccc(OC(C)C(=O)Nc2ccccc2C)c1. The molecule has 1 atom stereocenters. The molecule has 0 bridgehead atoms. The Morgan fingerprint density at radius 1 is 1.10 bits per heavy atom. The van der Waals surface area contributed by atoms with Crippen LogP contribution in [0.4, 0.5) is 5.69 Å². The topological polar surface area (TPSA) is 38.3 Å². The molecule has 3 heteroatoms. The molecule has 1 amide bonds. The van der Waals surface area contributed by atoms with E-state index in [0.717, 1.165) is 16.8 Å². The van der Waals surface area contributed by atoms with Crippen LogP contribution in [0, 0.1) is 13.8 Å². The van der Waals surface area contributed by atoms with Crippen molar-refractivity contribution in [3.05, 3.63) is 59.7 Å². The molecule has 0 aliphatic heterocycles. The summed E-state index contributed by atoms with van der Waals surface area (Å²) in [6, 6.07) is 15.4. The summed E-state index contributed by atoms with van der Waals surface area (Å²) in [5.41, 5.74) is 2.95. The fourth-order valence-corrected chi connectivity index (χ4v) is 1.89. The summed E-state index contributed by atoms with van der Waals surface area (Å²) in [6.45, 7) is 5.70. The quantitative estimate of drug-likeness (QED) is 0.919. The average molecular weight is 269 g/mol. The molecule has 20 heavy (non-hydrogen) atoms. The number of rotatable bonds is 4. The molecule has 0 radical (unpaired) electrons. The van der Waals surface area contributed by atoms with Crippen LogP contribution in [0.3, 0.4) is 0 Å². The molecule has 0 saturated carbocycles. The normalized spacial score (nSPS) is 11.8. The molecular weight excluding hydrogens is 250 g/mol. The Hall–Kier alpha value is -2.29. The molecule has 2 rings (SSSR count). The van der Waals surface area contributed by atoms with E-state index >= 15 is 0 Å². The Labute approximate surface area is 119 Å². The van der Waals surface area contributed by atoms with Gasteiger partial charge < -0.3 is 10.1 Å². The Morgan fingerprint density at radius 3 is 2.55 bits per heavy atom. The molecule has 2 aromatic carbocycles. The van der Waals surface area contributed by atoms with Gasteiger partial charge in [-0.25, -0.2) is 0 Å². The Morgan fingerprint density at radius 2 is 1.85 bits per heavy atom. The number of amides is 1. The van der Waals surface area contributed by atoms with Crippen molar-refractivity contribution in [3.63, 3.8) is 0 Å². The van der Waals surface area contributed by atoms with Gasteiger partial charge in [-0.05, 0) is 50.1 Å². The maximum atomic E-state index is 12.1. The molecule has 0 spiro atoms. The summed E-state index contributed by atoms with van der Waals surface area (Å²) in [7, 11) is 0. The predicted molar refractivity (Wildman–Crippen MR) is 81.1 cm³/mol. The number of ether oxygens (including phenoxy) is 1. The van der Waals surface area contributed by atoms with Crippen molar-refractivity contribution in [3.8, 4) is 5.75 Å². The van der Waals surface area contributed by atoms with Crippen LogP contribution >= 0.6 is 0 Å². The molecular formula is C17H19NO2. The largest absolute Gasteiger partial charge is 0.481 e. The van der Waals surface area contributed by atoms with Crippen LogP contribution in [-0.2, 0) is 4.79 Å². The summed E-state index contributed by atoms with van der Waals surface area (Å²) in [5, 5.41) is 2.88. The minimum atomic E-state index is -0.545. The van der Waals surface area contributed by atoms with E-state index < -0.39 is 6.10 Å². The lowest BCUT2D eigenvalue weighted by molar-refractivity contribution is -0.122. The standard InChI is InChI=1S/C17H19NO2/c1-12-7-6-9-15(11-12)20-14(3)17(19)18-16-10-5-4-8-13(16)2/h4-11,14H,1-3H3,(H,18,19). The minimum Gasteiger partial charge on any atom is -0.481 e. The second-order valence-corrected chi connectivity index (χ2v) is 4.88. The maximum absolute atomic E-state index is 12.1. The summed E-state index contributed by atoms with van der Waals surface area (Å²) in [5.74, 6) is 0.554. The van der Waals surface area contributed by atoms with E-state index in [1.54, 1.807) is 6.92 Å². The van der Waals surface area contributed by atoms with Gasteiger partial charge in [-0.1, -0.05) is 30.3 Å². The van der Waals surface area contributed by atoms with Crippen molar-refractivity contribution in [2.75, 3.05) is 5.32 Å². The maximum Gasteiger partial charge on any atom is 0.265 e. The highest BCUT2D eigenvalue weighted by molar-refractivity contribution is 5.94. The van der Waals surface area contributed by atoms with E-state index in [9.17, 15) is 4.79 Å². The molecule has 0 aromatic heterocycles. The third-order valence-electron chi connectivity index (χ3n) is 3.07. The van der Waals surface area contributed by atoms with Crippen molar-refractivity contribution in [2.24, 2.45) is 0 Å². The van der Waals surface area contributed by atoms with E-state index in [2.05, 4.69) is 5.32 Å². The molecule has 3 nitrogen and oxygen atoms in total. The van der Waals surface area contributed by atoms with Crippen LogP contribution in [0.2, 0.25) is 0 Å². The van der Waals surface area contributed by atoms with Crippen LogP contribution in [-0.4, -0.2) is 12.0 Å². The van der Waals surface area contributed by atoms with Gasteiger partial charge in [-0.2, -0.15) is 0 Å². The molecule has 1 unspecified atom stereocenters. The van der Waals surface area contributed by atoms with Crippen molar-refractivity contribution in [2.45, 2.75) is 26.9 Å². The highest BCUT2D eigenvalue weighted by Gasteiger charge is 2.15. The van der Waals surface area contributed by atoms with E-state index in [0.29, 0.717) is 5.75 Å². The van der Waals surface area contributed by atoms with Gasteiger partial charge in [0.05, 0.1) is 0 Å². The molecule has 104 valence electrons. The molecule has 2 aromatic rings. The van der Waals surface area contributed by atoms with Crippen LogP contribution in [0.25, 0.3) is 0 Å².